The number of amides is 1. The van der Waals surface area contributed by atoms with Crippen LogP contribution in [0.15, 0.2) is 18.3 Å². The third-order valence-electron chi connectivity index (χ3n) is 5.06. The van der Waals surface area contributed by atoms with Gasteiger partial charge >= 0.3 is 0 Å². The number of ether oxygens (including phenoxy) is 1. The number of nitrogens with zero attached hydrogens (tertiary/aromatic N) is 2. The van der Waals surface area contributed by atoms with Crippen molar-refractivity contribution in [2.75, 3.05) is 31.2 Å². The van der Waals surface area contributed by atoms with Crippen molar-refractivity contribution >= 4 is 24.1 Å². The first kappa shape index (κ1) is 19.9. The van der Waals surface area contributed by atoms with E-state index >= 15 is 0 Å². The number of rotatable bonds is 5. The van der Waals surface area contributed by atoms with Crippen molar-refractivity contribution in [2.24, 2.45) is 11.8 Å². The monoisotopic (exact) mass is 371 g/mol. The summed E-state index contributed by atoms with van der Waals surface area (Å²) in [7, 11) is 0. The first-order valence-corrected chi connectivity index (χ1v) is 8.92. The van der Waals surface area contributed by atoms with Crippen LogP contribution in [0.5, 0.6) is 0 Å². The number of carbonyl (C=O) groups is 1. The van der Waals surface area contributed by atoms with Crippen molar-refractivity contribution in [3.8, 4) is 0 Å². The summed E-state index contributed by atoms with van der Waals surface area (Å²) in [5, 5.41) is 3.22. The minimum Gasteiger partial charge on any atom is -0.381 e. The molecular formula is C18H27ClFN3O2. The van der Waals surface area contributed by atoms with Crippen LogP contribution < -0.4 is 10.2 Å². The van der Waals surface area contributed by atoms with E-state index in [1.54, 1.807) is 12.3 Å². The highest BCUT2D eigenvalue weighted by atomic mass is 35.5. The number of nitrogens with one attached hydrogen (secondary N) is 1. The molecule has 5 nitrogen and oxygen atoms in total. The van der Waals surface area contributed by atoms with E-state index in [0.29, 0.717) is 31.5 Å². The van der Waals surface area contributed by atoms with Crippen LogP contribution in [0.3, 0.4) is 0 Å². The fourth-order valence-electron chi connectivity index (χ4n) is 3.74. The number of hydrogen-bond acceptors (Lipinski definition) is 4. The van der Waals surface area contributed by atoms with Crippen molar-refractivity contribution in [3.63, 3.8) is 0 Å². The molecule has 0 aromatic carbocycles. The smallest absolute Gasteiger partial charge is 0.223 e. The summed E-state index contributed by atoms with van der Waals surface area (Å²) >= 11 is 0. The molecule has 25 heavy (non-hydrogen) atoms. The summed E-state index contributed by atoms with van der Waals surface area (Å²) in [5.74, 6) is 0.583. The molecule has 3 heterocycles. The molecule has 0 radical (unpaired) electrons. The second-order valence-electron chi connectivity index (χ2n) is 6.76. The fourth-order valence-corrected chi connectivity index (χ4v) is 3.74. The van der Waals surface area contributed by atoms with E-state index in [4.69, 9.17) is 4.74 Å². The topological polar surface area (TPSA) is 54.5 Å². The summed E-state index contributed by atoms with van der Waals surface area (Å²) in [6.45, 7) is 4.81. The highest BCUT2D eigenvalue weighted by molar-refractivity contribution is 5.85. The van der Waals surface area contributed by atoms with Crippen LogP contribution >= 0.6 is 12.4 Å². The van der Waals surface area contributed by atoms with Gasteiger partial charge in [0.05, 0.1) is 6.04 Å². The lowest BCUT2D eigenvalue weighted by molar-refractivity contribution is -0.128. The average molecular weight is 372 g/mol. The number of carbonyl (C=O) groups excluding carboxylic acids is 1. The first-order chi connectivity index (χ1) is 11.7. The molecule has 1 N–H and O–H groups in total. The molecule has 0 spiro atoms. The molecule has 0 saturated carbocycles. The zero-order valence-corrected chi connectivity index (χ0v) is 15.4. The Kier molecular flexibility index (Phi) is 7.44. The molecule has 2 aliphatic heterocycles. The maximum atomic E-state index is 14.0. The largest absolute Gasteiger partial charge is 0.381 e. The van der Waals surface area contributed by atoms with E-state index in [1.807, 2.05) is 4.90 Å². The van der Waals surface area contributed by atoms with E-state index < -0.39 is 0 Å². The summed E-state index contributed by atoms with van der Waals surface area (Å²) in [6.07, 6.45) is 5.25. The number of pyridine rings is 1. The van der Waals surface area contributed by atoms with Crippen LogP contribution in [0.1, 0.15) is 32.6 Å². The minimum atomic E-state index is -0.302. The summed E-state index contributed by atoms with van der Waals surface area (Å²) in [4.78, 5) is 18.7. The molecule has 0 bridgehead atoms. The van der Waals surface area contributed by atoms with Crippen LogP contribution in [0.25, 0.3) is 0 Å². The van der Waals surface area contributed by atoms with Gasteiger partial charge in [-0.3, -0.25) is 4.79 Å². The lowest BCUT2D eigenvalue weighted by atomic mass is 9.95. The third kappa shape index (κ3) is 4.82. The van der Waals surface area contributed by atoms with E-state index in [2.05, 4.69) is 17.2 Å². The predicted octanol–water partition coefficient (Wildman–Crippen LogP) is 2.79. The van der Waals surface area contributed by atoms with E-state index in [9.17, 15) is 9.18 Å². The minimum absolute atomic E-state index is 0. The Morgan fingerprint density at radius 3 is 2.84 bits per heavy atom. The quantitative estimate of drug-likeness (QED) is 0.864. The zero-order valence-electron chi connectivity index (χ0n) is 14.6. The Bertz CT molecular complexity index is 569. The third-order valence-corrected chi connectivity index (χ3v) is 5.06. The van der Waals surface area contributed by atoms with E-state index in [0.717, 1.165) is 32.2 Å². The van der Waals surface area contributed by atoms with Crippen LogP contribution in [-0.2, 0) is 9.53 Å². The number of anilines is 1. The normalized spacial score (nSPS) is 24.0. The van der Waals surface area contributed by atoms with Crippen LogP contribution in [0.4, 0.5) is 10.2 Å². The second-order valence-corrected chi connectivity index (χ2v) is 6.76. The molecule has 7 heteroatoms. The standard InChI is InChI=1S/C18H26FN3O2.ClH/c1-2-4-14-11-22(17-15(19)5-3-8-20-17)12-16(14)21-18(23)13-6-9-24-10-7-13;/h3,5,8,13-14,16H,2,4,6-7,9-12H2,1H3,(H,21,23);1H/t14-,16-;/m0./s1. The van der Waals surface area contributed by atoms with Crippen molar-refractivity contribution < 1.29 is 13.9 Å². The van der Waals surface area contributed by atoms with Gasteiger partial charge in [0.15, 0.2) is 11.6 Å². The lowest BCUT2D eigenvalue weighted by Gasteiger charge is -2.25. The van der Waals surface area contributed by atoms with Gasteiger partial charge in [-0.25, -0.2) is 9.37 Å². The molecule has 2 atom stereocenters. The van der Waals surface area contributed by atoms with Gasteiger partial charge in [-0.1, -0.05) is 13.3 Å². The molecule has 2 saturated heterocycles. The van der Waals surface area contributed by atoms with Crippen molar-refractivity contribution in [3.05, 3.63) is 24.1 Å². The highest BCUT2D eigenvalue weighted by Crippen LogP contribution is 2.28. The Labute approximate surface area is 154 Å². The molecule has 1 aromatic rings. The van der Waals surface area contributed by atoms with Gasteiger partial charge in [-0.2, -0.15) is 0 Å². The van der Waals surface area contributed by atoms with Crippen LogP contribution in [0.2, 0.25) is 0 Å². The lowest BCUT2D eigenvalue weighted by Crippen LogP contribution is -2.44. The number of aromatic nitrogens is 1. The maximum Gasteiger partial charge on any atom is 0.223 e. The van der Waals surface area contributed by atoms with Gasteiger partial charge in [0.1, 0.15) is 0 Å². The zero-order chi connectivity index (χ0) is 16.9. The fraction of sp³-hybridized carbons (Fsp3) is 0.667. The number of hydrogen-bond donors (Lipinski definition) is 1. The summed E-state index contributed by atoms with van der Waals surface area (Å²) in [5.41, 5.74) is 0. The molecule has 0 aliphatic carbocycles. The predicted molar refractivity (Wildman–Crippen MR) is 97.5 cm³/mol. The van der Waals surface area contributed by atoms with Gasteiger partial charge in [-0.15, -0.1) is 12.4 Å². The number of halogens is 2. The highest BCUT2D eigenvalue weighted by Gasteiger charge is 2.36. The van der Waals surface area contributed by atoms with Crippen molar-refractivity contribution in [2.45, 2.75) is 38.6 Å². The Hall–Kier alpha value is -1.40. The van der Waals surface area contributed by atoms with Gasteiger partial charge < -0.3 is 15.0 Å². The second kappa shape index (κ2) is 9.34. The molecular weight excluding hydrogens is 345 g/mol. The van der Waals surface area contributed by atoms with E-state index in [-0.39, 0.29) is 36.1 Å². The molecule has 2 fully saturated rings. The van der Waals surface area contributed by atoms with Crippen LogP contribution in [0, 0.1) is 17.7 Å². The summed E-state index contributed by atoms with van der Waals surface area (Å²) < 4.78 is 19.4. The van der Waals surface area contributed by atoms with Crippen LogP contribution in [-0.4, -0.2) is 43.2 Å². The van der Waals surface area contributed by atoms with Crippen molar-refractivity contribution in [1.82, 2.24) is 10.3 Å². The molecule has 3 rings (SSSR count). The van der Waals surface area contributed by atoms with Crippen molar-refractivity contribution in [1.29, 1.82) is 0 Å². The first-order valence-electron chi connectivity index (χ1n) is 8.92. The molecule has 140 valence electrons. The maximum absolute atomic E-state index is 14.0. The van der Waals surface area contributed by atoms with Gasteiger partial charge in [0, 0.05) is 38.4 Å². The van der Waals surface area contributed by atoms with Gasteiger partial charge in [-0.05, 0) is 37.3 Å². The average Bonchev–Trinajstić information content (AvgIpc) is 2.99. The van der Waals surface area contributed by atoms with E-state index in [1.165, 1.54) is 6.07 Å². The Morgan fingerprint density at radius 1 is 1.40 bits per heavy atom. The van der Waals surface area contributed by atoms with Gasteiger partial charge in [0.25, 0.3) is 0 Å². The molecule has 1 amide bonds. The Morgan fingerprint density at radius 2 is 2.16 bits per heavy atom. The molecule has 2 aliphatic rings. The molecule has 1 aromatic heterocycles. The summed E-state index contributed by atoms with van der Waals surface area (Å²) in [6, 6.07) is 3.09. The Balaban J connectivity index is 0.00000225. The molecule has 0 unspecified atom stereocenters. The SMILES string of the molecule is CCC[C@H]1CN(c2ncccc2F)C[C@@H]1NC(=O)C1CCOCC1.Cl. The van der Waals surface area contributed by atoms with Gasteiger partial charge in [0.2, 0.25) is 5.91 Å².